The van der Waals surface area contributed by atoms with Crippen molar-refractivity contribution in [2.75, 3.05) is 25.1 Å². The molecule has 0 unspecified atom stereocenters. The molecule has 0 radical (unpaired) electrons. The van der Waals surface area contributed by atoms with Crippen molar-refractivity contribution in [1.82, 2.24) is 19.9 Å². The Bertz CT molecular complexity index is 828. The van der Waals surface area contributed by atoms with Crippen LogP contribution >= 0.6 is 0 Å². The van der Waals surface area contributed by atoms with Crippen LogP contribution in [0.3, 0.4) is 0 Å². The Morgan fingerprint density at radius 1 is 1.00 bits per heavy atom. The molecule has 3 aromatic rings. The van der Waals surface area contributed by atoms with Crippen LogP contribution in [0.25, 0.3) is 0 Å². The standard InChI is InChI=1S/C20H21N5O/c1-2-6-16(7-3-1)23-19-9-11-22-20(24-19)18-15-26-13-12-25(18)14-17-8-4-5-10-21-17/h1-11,18H,12-15H2,(H,22,23,24)/t18-/m0/s1. The number of rotatable bonds is 5. The third kappa shape index (κ3) is 4.04. The van der Waals surface area contributed by atoms with Gasteiger partial charge in [0, 0.05) is 31.2 Å². The minimum Gasteiger partial charge on any atom is -0.378 e. The fourth-order valence-corrected chi connectivity index (χ4v) is 3.04. The fourth-order valence-electron chi connectivity index (χ4n) is 3.04. The summed E-state index contributed by atoms with van der Waals surface area (Å²) in [5, 5.41) is 3.33. The summed E-state index contributed by atoms with van der Waals surface area (Å²) in [6.07, 6.45) is 3.62. The number of ether oxygens (including phenoxy) is 1. The smallest absolute Gasteiger partial charge is 0.150 e. The Kier molecular flexibility index (Phi) is 5.14. The lowest BCUT2D eigenvalue weighted by atomic mass is 10.2. The lowest BCUT2D eigenvalue weighted by Gasteiger charge is -2.34. The summed E-state index contributed by atoms with van der Waals surface area (Å²) >= 11 is 0. The van der Waals surface area contributed by atoms with Crippen LogP contribution in [0.5, 0.6) is 0 Å². The quantitative estimate of drug-likeness (QED) is 0.765. The van der Waals surface area contributed by atoms with Gasteiger partial charge in [0.2, 0.25) is 0 Å². The number of anilines is 2. The van der Waals surface area contributed by atoms with Crippen LogP contribution in [0.4, 0.5) is 11.5 Å². The number of aromatic nitrogens is 3. The topological polar surface area (TPSA) is 63.2 Å². The highest BCUT2D eigenvalue weighted by Gasteiger charge is 2.27. The van der Waals surface area contributed by atoms with E-state index in [9.17, 15) is 0 Å². The van der Waals surface area contributed by atoms with Gasteiger partial charge in [0.05, 0.1) is 24.9 Å². The van der Waals surface area contributed by atoms with Gasteiger partial charge in [-0.05, 0) is 30.3 Å². The zero-order valence-electron chi connectivity index (χ0n) is 14.5. The summed E-state index contributed by atoms with van der Waals surface area (Å²) in [6.45, 7) is 2.89. The average molecular weight is 347 g/mol. The molecule has 132 valence electrons. The summed E-state index contributed by atoms with van der Waals surface area (Å²) in [5.41, 5.74) is 2.04. The molecule has 1 aliphatic heterocycles. The Labute approximate surface area is 152 Å². The monoisotopic (exact) mass is 347 g/mol. The van der Waals surface area contributed by atoms with Gasteiger partial charge in [-0.15, -0.1) is 0 Å². The molecule has 0 spiro atoms. The largest absolute Gasteiger partial charge is 0.378 e. The van der Waals surface area contributed by atoms with E-state index in [1.165, 1.54) is 0 Å². The summed E-state index contributed by atoms with van der Waals surface area (Å²) in [5.74, 6) is 1.55. The van der Waals surface area contributed by atoms with Gasteiger partial charge in [-0.3, -0.25) is 9.88 Å². The molecule has 1 aromatic carbocycles. The van der Waals surface area contributed by atoms with Crippen molar-refractivity contribution < 1.29 is 4.74 Å². The van der Waals surface area contributed by atoms with Gasteiger partial charge >= 0.3 is 0 Å². The molecule has 26 heavy (non-hydrogen) atoms. The summed E-state index contributed by atoms with van der Waals surface area (Å²) in [7, 11) is 0. The Morgan fingerprint density at radius 2 is 1.88 bits per heavy atom. The summed E-state index contributed by atoms with van der Waals surface area (Å²) < 4.78 is 5.70. The molecule has 1 saturated heterocycles. The zero-order valence-corrected chi connectivity index (χ0v) is 14.5. The number of hydrogen-bond acceptors (Lipinski definition) is 6. The van der Waals surface area contributed by atoms with E-state index in [2.05, 4.69) is 20.2 Å². The third-order valence-corrected chi connectivity index (χ3v) is 4.35. The van der Waals surface area contributed by atoms with Crippen molar-refractivity contribution in [3.63, 3.8) is 0 Å². The highest BCUT2D eigenvalue weighted by molar-refractivity contribution is 5.55. The zero-order chi connectivity index (χ0) is 17.6. The van der Waals surface area contributed by atoms with Crippen LogP contribution < -0.4 is 5.32 Å². The van der Waals surface area contributed by atoms with Crippen LogP contribution in [-0.4, -0.2) is 39.6 Å². The molecule has 0 saturated carbocycles. The van der Waals surface area contributed by atoms with Crippen molar-refractivity contribution in [1.29, 1.82) is 0 Å². The van der Waals surface area contributed by atoms with Gasteiger partial charge in [0.25, 0.3) is 0 Å². The molecular formula is C20H21N5O. The number of pyridine rings is 1. The van der Waals surface area contributed by atoms with E-state index in [0.29, 0.717) is 13.2 Å². The lowest BCUT2D eigenvalue weighted by Crippen LogP contribution is -2.40. The minimum atomic E-state index is 0.0169. The number of nitrogens with zero attached hydrogens (tertiary/aromatic N) is 4. The van der Waals surface area contributed by atoms with Crippen molar-refractivity contribution in [2.45, 2.75) is 12.6 Å². The fraction of sp³-hybridized carbons (Fsp3) is 0.250. The lowest BCUT2D eigenvalue weighted by molar-refractivity contribution is -0.0164. The Morgan fingerprint density at radius 3 is 2.73 bits per heavy atom. The average Bonchev–Trinajstić information content (AvgIpc) is 2.70. The van der Waals surface area contributed by atoms with Crippen molar-refractivity contribution in [3.8, 4) is 0 Å². The second-order valence-electron chi connectivity index (χ2n) is 6.17. The highest BCUT2D eigenvalue weighted by Crippen LogP contribution is 2.24. The minimum absolute atomic E-state index is 0.0169. The molecule has 6 nitrogen and oxygen atoms in total. The Balaban J connectivity index is 1.53. The maximum absolute atomic E-state index is 5.70. The molecule has 0 bridgehead atoms. The first-order chi connectivity index (χ1) is 12.9. The molecule has 4 rings (SSSR count). The van der Waals surface area contributed by atoms with Crippen molar-refractivity contribution >= 4 is 11.5 Å². The first-order valence-electron chi connectivity index (χ1n) is 8.75. The van der Waals surface area contributed by atoms with Crippen LogP contribution in [-0.2, 0) is 11.3 Å². The van der Waals surface area contributed by atoms with Gasteiger partial charge in [0.15, 0.2) is 0 Å². The van der Waals surface area contributed by atoms with E-state index in [0.717, 1.165) is 36.1 Å². The van der Waals surface area contributed by atoms with Gasteiger partial charge in [-0.25, -0.2) is 9.97 Å². The van der Waals surface area contributed by atoms with E-state index in [1.807, 2.05) is 60.8 Å². The highest BCUT2D eigenvalue weighted by atomic mass is 16.5. The van der Waals surface area contributed by atoms with Gasteiger partial charge in [0.1, 0.15) is 11.6 Å². The predicted molar refractivity (Wildman–Crippen MR) is 100.0 cm³/mol. The summed E-state index contributed by atoms with van der Waals surface area (Å²) in [4.78, 5) is 16.0. The third-order valence-electron chi connectivity index (χ3n) is 4.35. The molecule has 0 aliphatic carbocycles. The van der Waals surface area contributed by atoms with E-state index < -0.39 is 0 Å². The summed E-state index contributed by atoms with van der Waals surface area (Å²) in [6, 6.07) is 17.9. The van der Waals surface area contributed by atoms with Gasteiger partial charge in [-0.1, -0.05) is 24.3 Å². The molecule has 2 aromatic heterocycles. The van der Waals surface area contributed by atoms with Crippen LogP contribution in [0.15, 0.2) is 67.0 Å². The second kappa shape index (κ2) is 8.03. The van der Waals surface area contributed by atoms with Crippen LogP contribution in [0.1, 0.15) is 17.6 Å². The molecule has 1 fully saturated rings. The number of benzene rings is 1. The maximum Gasteiger partial charge on any atom is 0.150 e. The first kappa shape index (κ1) is 16.6. The van der Waals surface area contributed by atoms with Crippen molar-refractivity contribution in [3.05, 3.63) is 78.5 Å². The Hall–Kier alpha value is -2.83. The maximum atomic E-state index is 5.70. The normalized spacial score (nSPS) is 17.8. The molecule has 1 N–H and O–H groups in total. The number of para-hydroxylation sites is 1. The second-order valence-corrected chi connectivity index (χ2v) is 6.17. The van der Waals surface area contributed by atoms with Crippen LogP contribution in [0.2, 0.25) is 0 Å². The first-order valence-corrected chi connectivity index (χ1v) is 8.75. The number of hydrogen-bond donors (Lipinski definition) is 1. The van der Waals surface area contributed by atoms with Crippen molar-refractivity contribution in [2.24, 2.45) is 0 Å². The molecule has 1 atom stereocenters. The molecule has 3 heterocycles. The van der Waals surface area contributed by atoms with E-state index in [-0.39, 0.29) is 6.04 Å². The van der Waals surface area contributed by atoms with E-state index in [1.54, 1.807) is 6.20 Å². The number of morpholine rings is 1. The predicted octanol–water partition coefficient (Wildman–Crippen LogP) is 3.19. The van der Waals surface area contributed by atoms with Gasteiger partial charge in [-0.2, -0.15) is 0 Å². The molecule has 1 aliphatic rings. The SMILES string of the molecule is c1ccc(Nc2ccnc([C@@H]3COCCN3Cc3ccccn3)n2)cc1. The number of nitrogens with one attached hydrogen (secondary N) is 1. The van der Waals surface area contributed by atoms with E-state index in [4.69, 9.17) is 9.72 Å². The van der Waals surface area contributed by atoms with Gasteiger partial charge < -0.3 is 10.1 Å². The van der Waals surface area contributed by atoms with Crippen LogP contribution in [0, 0.1) is 0 Å². The van der Waals surface area contributed by atoms with E-state index >= 15 is 0 Å². The molecule has 0 amide bonds. The molecular weight excluding hydrogens is 326 g/mol. The molecule has 6 heteroatoms.